The zero-order valence-electron chi connectivity index (χ0n) is 19.0. The fraction of sp³-hybridized carbons (Fsp3) is 0.320. The van der Waals surface area contributed by atoms with Crippen molar-refractivity contribution in [2.45, 2.75) is 45.7 Å². The van der Waals surface area contributed by atoms with E-state index in [9.17, 15) is 19.4 Å². The number of benzene rings is 2. The van der Waals surface area contributed by atoms with Gasteiger partial charge in [-0.1, -0.05) is 26.0 Å². The number of aliphatic carboxylic acids is 1. The summed E-state index contributed by atoms with van der Waals surface area (Å²) >= 11 is 0. The molecule has 0 bridgehead atoms. The molecule has 4 aromatic rings. The lowest BCUT2D eigenvalue weighted by atomic mass is 9.99. The highest BCUT2D eigenvalue weighted by Crippen LogP contribution is 2.38. The number of H-pyrrole nitrogens is 2. The first kappa shape index (κ1) is 22.1. The predicted molar refractivity (Wildman–Crippen MR) is 126 cm³/mol. The minimum Gasteiger partial charge on any atom is -0.505 e. The number of carbonyl (C=O) groups is 1. The summed E-state index contributed by atoms with van der Waals surface area (Å²) in [6.07, 6.45) is 1.98. The van der Waals surface area contributed by atoms with Crippen molar-refractivity contribution in [1.82, 2.24) is 25.1 Å². The number of aromatic amines is 2. The summed E-state index contributed by atoms with van der Waals surface area (Å²) in [4.78, 5) is 21.7. The molecule has 2 aromatic carbocycles. The Hall–Kier alpha value is -3.72. The Bertz CT molecular complexity index is 1390. The van der Waals surface area contributed by atoms with E-state index in [0.29, 0.717) is 41.4 Å². The van der Waals surface area contributed by atoms with Crippen LogP contribution in [-0.2, 0) is 24.2 Å². The molecule has 1 atom stereocenters. The molecule has 0 saturated carbocycles. The van der Waals surface area contributed by atoms with E-state index in [1.54, 1.807) is 0 Å². The second kappa shape index (κ2) is 8.57. The molecule has 5 rings (SSSR count). The van der Waals surface area contributed by atoms with Crippen LogP contribution in [0.25, 0.3) is 33.5 Å². The smallest absolute Gasteiger partial charge is 0.321 e. The van der Waals surface area contributed by atoms with Crippen LogP contribution in [0.1, 0.15) is 37.2 Å². The van der Waals surface area contributed by atoms with Crippen LogP contribution in [0.2, 0.25) is 0 Å². The lowest BCUT2D eigenvalue weighted by molar-refractivity contribution is -0.144. The maximum absolute atomic E-state index is 14.5. The van der Waals surface area contributed by atoms with Gasteiger partial charge in [-0.15, -0.1) is 0 Å². The second-order valence-electron chi connectivity index (χ2n) is 8.69. The van der Waals surface area contributed by atoms with E-state index in [2.05, 4.69) is 27.1 Å². The normalized spacial score (nSPS) is 16.1. The lowest BCUT2D eigenvalue weighted by Crippen LogP contribution is -2.45. The van der Waals surface area contributed by atoms with Crippen LogP contribution in [0.15, 0.2) is 30.3 Å². The van der Waals surface area contributed by atoms with Crippen LogP contribution >= 0.6 is 0 Å². The zero-order chi connectivity index (χ0) is 24.0. The van der Waals surface area contributed by atoms with Crippen molar-refractivity contribution >= 4 is 16.9 Å². The number of hydrogen-bond acceptors (Lipinski definition) is 5. The maximum Gasteiger partial charge on any atom is 0.321 e. The highest BCUT2D eigenvalue weighted by Gasteiger charge is 2.33. The summed E-state index contributed by atoms with van der Waals surface area (Å²) < 4.78 is 14.5. The van der Waals surface area contributed by atoms with Crippen molar-refractivity contribution in [3.8, 4) is 28.4 Å². The van der Waals surface area contributed by atoms with Crippen molar-refractivity contribution in [1.29, 1.82) is 0 Å². The molecule has 3 heterocycles. The van der Waals surface area contributed by atoms with Crippen molar-refractivity contribution in [2.75, 3.05) is 6.54 Å². The third kappa shape index (κ3) is 3.71. The molecule has 176 valence electrons. The molecule has 0 amide bonds. The Morgan fingerprint density at radius 1 is 1.24 bits per heavy atom. The molecular weight excluding hydrogens is 437 g/mol. The molecule has 0 aliphatic carbocycles. The number of carboxylic acids is 1. The molecule has 0 radical (unpaired) electrons. The number of phenols is 1. The number of aryl methyl sites for hydroxylation is 1. The van der Waals surface area contributed by atoms with E-state index < -0.39 is 23.6 Å². The van der Waals surface area contributed by atoms with Gasteiger partial charge in [-0.3, -0.25) is 14.8 Å². The van der Waals surface area contributed by atoms with Gasteiger partial charge in [-0.05, 0) is 43.1 Å². The third-order valence-corrected chi connectivity index (χ3v) is 6.48. The number of phenolic OH excluding ortho intramolecular Hbond substituents is 1. The molecule has 34 heavy (non-hydrogen) atoms. The van der Waals surface area contributed by atoms with Gasteiger partial charge in [0, 0.05) is 29.5 Å². The highest BCUT2D eigenvalue weighted by molar-refractivity contribution is 5.97. The van der Waals surface area contributed by atoms with Crippen LogP contribution in [0.5, 0.6) is 5.75 Å². The molecule has 0 unspecified atom stereocenters. The summed E-state index contributed by atoms with van der Waals surface area (Å²) in [5.41, 5.74) is 5.05. The van der Waals surface area contributed by atoms with Crippen LogP contribution in [0.4, 0.5) is 4.39 Å². The molecule has 2 aromatic heterocycles. The number of nitrogens with one attached hydrogen (secondary N) is 2. The number of aromatic nitrogens is 4. The number of carboxylic acid groups (broad SMARTS) is 1. The first-order valence-electron chi connectivity index (χ1n) is 11.4. The SMILES string of the molecule is CCCN1Cc2[nH]c(-c3cc(F)c(O)cc3-c3n[nH]c4cc(CC)ccc34)nc2C[C@H]1C(=O)O. The Morgan fingerprint density at radius 3 is 2.79 bits per heavy atom. The van der Waals surface area contributed by atoms with Gasteiger partial charge in [-0.2, -0.15) is 5.10 Å². The van der Waals surface area contributed by atoms with E-state index in [4.69, 9.17) is 0 Å². The van der Waals surface area contributed by atoms with Crippen LogP contribution in [0.3, 0.4) is 0 Å². The molecule has 0 saturated heterocycles. The fourth-order valence-corrected chi connectivity index (χ4v) is 4.71. The van der Waals surface area contributed by atoms with E-state index in [0.717, 1.165) is 35.0 Å². The molecule has 1 aliphatic heterocycles. The zero-order valence-corrected chi connectivity index (χ0v) is 19.0. The molecule has 9 heteroatoms. The van der Waals surface area contributed by atoms with Gasteiger partial charge in [0.1, 0.15) is 17.6 Å². The number of fused-ring (bicyclic) bond motifs is 2. The summed E-state index contributed by atoms with van der Waals surface area (Å²) in [5, 5.41) is 28.2. The second-order valence-corrected chi connectivity index (χ2v) is 8.69. The third-order valence-electron chi connectivity index (χ3n) is 6.48. The Morgan fingerprint density at radius 2 is 2.06 bits per heavy atom. The van der Waals surface area contributed by atoms with E-state index >= 15 is 0 Å². The summed E-state index contributed by atoms with van der Waals surface area (Å²) in [7, 11) is 0. The number of hydrogen-bond donors (Lipinski definition) is 4. The van der Waals surface area contributed by atoms with Gasteiger partial charge in [-0.25, -0.2) is 9.37 Å². The monoisotopic (exact) mass is 463 g/mol. The maximum atomic E-state index is 14.5. The van der Waals surface area contributed by atoms with Gasteiger partial charge in [0.2, 0.25) is 0 Å². The Balaban J connectivity index is 1.62. The summed E-state index contributed by atoms with van der Waals surface area (Å²) in [6, 6.07) is 7.96. The standard InChI is InChI=1S/C25H26FN5O3/c1-3-7-31-12-20-19(11-21(31)25(33)34)27-24(28-20)16-9-17(26)22(32)10-15(16)23-14-6-5-13(4-2)8-18(14)29-30-23/h5-6,8-10,21,32H,3-4,7,11-12H2,1-2H3,(H,27,28)(H,29,30)(H,33,34)/t21-/m0/s1. The van der Waals surface area contributed by atoms with Crippen molar-refractivity contribution in [3.63, 3.8) is 0 Å². The molecule has 0 fully saturated rings. The first-order valence-corrected chi connectivity index (χ1v) is 11.4. The topological polar surface area (TPSA) is 118 Å². The number of halogens is 1. The van der Waals surface area contributed by atoms with Crippen molar-refractivity contribution < 1.29 is 19.4 Å². The van der Waals surface area contributed by atoms with Gasteiger partial charge in [0.15, 0.2) is 11.6 Å². The largest absolute Gasteiger partial charge is 0.505 e. The van der Waals surface area contributed by atoms with Gasteiger partial charge in [0.25, 0.3) is 0 Å². The number of rotatable bonds is 6. The van der Waals surface area contributed by atoms with E-state index in [-0.39, 0.29) is 6.42 Å². The average Bonchev–Trinajstić information content (AvgIpc) is 3.43. The van der Waals surface area contributed by atoms with Crippen LogP contribution < -0.4 is 0 Å². The van der Waals surface area contributed by atoms with E-state index in [1.165, 1.54) is 12.1 Å². The van der Waals surface area contributed by atoms with Gasteiger partial charge < -0.3 is 15.2 Å². The van der Waals surface area contributed by atoms with Crippen molar-refractivity contribution in [3.05, 3.63) is 53.1 Å². The van der Waals surface area contributed by atoms with Gasteiger partial charge in [0.05, 0.1) is 16.9 Å². The summed E-state index contributed by atoms with van der Waals surface area (Å²) in [6.45, 7) is 5.16. The number of aromatic hydroxyl groups is 1. The predicted octanol–water partition coefficient (Wildman–Crippen LogP) is 4.25. The van der Waals surface area contributed by atoms with Gasteiger partial charge >= 0.3 is 5.97 Å². The van der Waals surface area contributed by atoms with E-state index in [1.807, 2.05) is 30.0 Å². The van der Waals surface area contributed by atoms with Crippen LogP contribution in [-0.4, -0.2) is 53.8 Å². The van der Waals surface area contributed by atoms with Crippen LogP contribution in [0, 0.1) is 5.82 Å². The first-order chi connectivity index (χ1) is 16.4. The number of imidazole rings is 1. The summed E-state index contributed by atoms with van der Waals surface area (Å²) in [5.74, 6) is -1.70. The molecular formula is C25H26FN5O3. The lowest BCUT2D eigenvalue weighted by Gasteiger charge is -2.31. The average molecular weight is 464 g/mol. The highest BCUT2D eigenvalue weighted by atomic mass is 19.1. The Labute approximate surface area is 195 Å². The minimum absolute atomic E-state index is 0.266. The molecule has 8 nitrogen and oxygen atoms in total. The quantitative estimate of drug-likeness (QED) is 0.340. The fourth-order valence-electron chi connectivity index (χ4n) is 4.71. The number of nitrogens with zero attached hydrogens (tertiary/aromatic N) is 3. The Kier molecular flexibility index (Phi) is 5.57. The molecule has 4 N–H and O–H groups in total. The minimum atomic E-state index is -0.880. The molecule has 0 spiro atoms. The molecule has 1 aliphatic rings. The van der Waals surface area contributed by atoms with Crippen molar-refractivity contribution in [2.24, 2.45) is 0 Å².